The third-order valence-corrected chi connectivity index (χ3v) is 10.5. The van der Waals surface area contributed by atoms with E-state index in [4.69, 9.17) is 18.5 Å². The average molecular weight is 892 g/mol. The summed E-state index contributed by atoms with van der Waals surface area (Å²) in [5.74, 6) is -1.01. The largest absolute Gasteiger partial charge is 0.756 e. The second-order valence-corrected chi connectivity index (χ2v) is 18.2. The van der Waals surface area contributed by atoms with Crippen molar-refractivity contribution >= 4 is 19.8 Å². The van der Waals surface area contributed by atoms with Crippen LogP contribution in [0.2, 0.25) is 0 Å². The Hall–Kier alpha value is -2.89. The fraction of sp³-hybridized carbons (Fsp3) is 0.680. The van der Waals surface area contributed by atoms with Gasteiger partial charge >= 0.3 is 11.9 Å². The first-order valence-corrected chi connectivity index (χ1v) is 25.0. The summed E-state index contributed by atoms with van der Waals surface area (Å²) < 4.78 is 33.8. The van der Waals surface area contributed by atoms with Crippen molar-refractivity contribution in [1.82, 2.24) is 0 Å². The summed E-state index contributed by atoms with van der Waals surface area (Å²) in [6.07, 6.45) is 45.4. The zero-order valence-electron chi connectivity index (χ0n) is 39.3. The predicted molar refractivity (Wildman–Crippen MR) is 252 cm³/mol. The van der Waals surface area contributed by atoms with Crippen molar-refractivity contribution in [3.63, 3.8) is 0 Å². The number of ether oxygens (including phenoxy) is 2. The van der Waals surface area contributed by atoms with Crippen molar-refractivity contribution in [3.05, 3.63) is 85.1 Å². The molecule has 0 amide bonds. The number of phosphoric ester groups is 1. The zero-order chi connectivity index (χ0) is 46.0. The SMILES string of the molecule is CC/C=C\C[C@@H](O)/C=C/C=C\C=C\[C@@H](O)C/C=C\C/C=C\CCC(=O)OC[C@H](COP(=O)([O-])OCC[N+](C)(C)C)OC(=O)CCCCCCCCC/C=C\CCCCCCCC. The standard InChI is InChI=1S/C50H86NO10P/c1-6-8-10-11-12-13-14-15-16-17-18-19-20-21-22-27-35-41-50(55)61-48(45-60-62(56,57)59-43-42-51(3,4)5)44-58-49(54)40-34-26-24-23-25-31-37-47(53)39-33-29-28-32-38-46(52)36-30-9-7-2/h9,15-16,24-26,28-33,38-39,46-48,52-53H,6-8,10-14,17-23,27,34-37,40-45H2,1-5H3/b16-15-,26-24-,29-28-,30-9-,31-25-,38-32+,39-33+/t46-,47+,48-/m1/s1. The van der Waals surface area contributed by atoms with Gasteiger partial charge in [0.05, 0.1) is 40.0 Å². The van der Waals surface area contributed by atoms with Crippen LogP contribution in [-0.2, 0) is 32.7 Å². The maximum absolute atomic E-state index is 12.7. The molecule has 0 fully saturated rings. The first-order chi connectivity index (χ1) is 29.8. The van der Waals surface area contributed by atoms with E-state index in [0.717, 1.165) is 32.1 Å². The lowest BCUT2D eigenvalue weighted by Crippen LogP contribution is -2.37. The molecule has 11 nitrogen and oxygen atoms in total. The van der Waals surface area contributed by atoms with Crippen molar-refractivity contribution < 1.29 is 52.3 Å². The van der Waals surface area contributed by atoms with Crippen LogP contribution in [0, 0.1) is 0 Å². The maximum Gasteiger partial charge on any atom is 0.306 e. The van der Waals surface area contributed by atoms with Crippen molar-refractivity contribution in [1.29, 1.82) is 0 Å². The molecule has 1 unspecified atom stereocenters. The second-order valence-electron chi connectivity index (χ2n) is 16.8. The number of carbonyl (C=O) groups excluding carboxylic acids is 2. The smallest absolute Gasteiger partial charge is 0.306 e. The minimum atomic E-state index is -4.67. The number of nitrogens with zero attached hydrogens (tertiary/aromatic N) is 1. The number of phosphoric acid groups is 1. The lowest BCUT2D eigenvalue weighted by molar-refractivity contribution is -0.870. The molecule has 0 aromatic carbocycles. The lowest BCUT2D eigenvalue weighted by atomic mass is 10.1. The number of allylic oxidation sites excluding steroid dienone is 10. The number of esters is 2. The van der Waals surface area contributed by atoms with Crippen molar-refractivity contribution in [2.45, 2.75) is 173 Å². The highest BCUT2D eigenvalue weighted by Gasteiger charge is 2.21. The first kappa shape index (κ1) is 59.1. The van der Waals surface area contributed by atoms with Gasteiger partial charge in [-0.3, -0.25) is 14.2 Å². The molecular formula is C50H86NO10P. The minimum absolute atomic E-state index is 0.0651. The molecule has 0 aliphatic rings. The van der Waals surface area contributed by atoms with Crippen LogP contribution in [0.5, 0.6) is 0 Å². The fourth-order valence-electron chi connectivity index (χ4n) is 5.85. The number of aliphatic hydroxyl groups is 2. The van der Waals surface area contributed by atoms with Crippen LogP contribution in [0.4, 0.5) is 0 Å². The van der Waals surface area contributed by atoms with Crippen LogP contribution in [0.25, 0.3) is 0 Å². The molecule has 0 aromatic rings. The van der Waals surface area contributed by atoms with E-state index in [1.165, 1.54) is 64.2 Å². The van der Waals surface area contributed by atoms with E-state index in [-0.39, 0.29) is 26.1 Å². The molecular weight excluding hydrogens is 806 g/mol. The molecule has 4 atom stereocenters. The summed E-state index contributed by atoms with van der Waals surface area (Å²) in [4.78, 5) is 37.6. The number of hydrogen-bond donors (Lipinski definition) is 2. The molecule has 2 N–H and O–H groups in total. The summed E-state index contributed by atoms with van der Waals surface area (Å²) in [7, 11) is 1.05. The Labute approximate surface area is 376 Å². The van der Waals surface area contributed by atoms with E-state index in [9.17, 15) is 29.3 Å². The van der Waals surface area contributed by atoms with Gasteiger partial charge in [0.1, 0.15) is 19.8 Å². The van der Waals surface area contributed by atoms with Crippen LogP contribution >= 0.6 is 7.82 Å². The van der Waals surface area contributed by atoms with Gasteiger partial charge < -0.3 is 38.1 Å². The number of hydrogen-bond acceptors (Lipinski definition) is 10. The molecule has 0 heterocycles. The highest BCUT2D eigenvalue weighted by Crippen LogP contribution is 2.38. The predicted octanol–water partition coefficient (Wildman–Crippen LogP) is 10.9. The van der Waals surface area contributed by atoms with Gasteiger partial charge in [0.15, 0.2) is 6.10 Å². The number of carbonyl (C=O) groups is 2. The quantitative estimate of drug-likeness (QED) is 0.0152. The topological polar surface area (TPSA) is 152 Å². The molecule has 0 rings (SSSR count). The van der Waals surface area contributed by atoms with Crippen molar-refractivity contribution in [3.8, 4) is 0 Å². The highest BCUT2D eigenvalue weighted by atomic mass is 31.2. The Kier molecular flexibility index (Phi) is 39.0. The Morgan fingerprint density at radius 1 is 0.613 bits per heavy atom. The zero-order valence-corrected chi connectivity index (χ0v) is 40.1. The van der Waals surface area contributed by atoms with E-state index in [1.54, 1.807) is 36.5 Å². The molecule has 356 valence electrons. The Morgan fingerprint density at radius 3 is 1.73 bits per heavy atom. The lowest BCUT2D eigenvalue weighted by Gasteiger charge is -2.28. The van der Waals surface area contributed by atoms with Gasteiger partial charge in [-0.05, 0) is 64.2 Å². The second kappa shape index (κ2) is 40.9. The Morgan fingerprint density at radius 2 is 1.15 bits per heavy atom. The van der Waals surface area contributed by atoms with Gasteiger partial charge in [0.25, 0.3) is 7.82 Å². The average Bonchev–Trinajstić information content (AvgIpc) is 3.21. The fourth-order valence-corrected chi connectivity index (χ4v) is 6.58. The third-order valence-electron chi connectivity index (χ3n) is 9.58. The third kappa shape index (κ3) is 43.7. The molecule has 0 aliphatic heterocycles. The normalized spacial score (nSPS) is 15.3. The molecule has 62 heavy (non-hydrogen) atoms. The number of aliphatic hydroxyl groups excluding tert-OH is 2. The molecule has 0 spiro atoms. The van der Waals surface area contributed by atoms with E-state index in [1.807, 2.05) is 64.5 Å². The molecule has 0 radical (unpaired) electrons. The summed E-state index contributed by atoms with van der Waals surface area (Å²) in [5, 5.41) is 20.0. The highest BCUT2D eigenvalue weighted by molar-refractivity contribution is 7.45. The molecule has 0 aromatic heterocycles. The molecule has 0 saturated heterocycles. The number of quaternary nitrogens is 1. The molecule has 12 heteroatoms. The Balaban J connectivity index is 4.56. The van der Waals surface area contributed by atoms with Crippen molar-refractivity contribution in [2.75, 3.05) is 47.5 Å². The Bertz CT molecular complexity index is 1360. The van der Waals surface area contributed by atoms with Gasteiger partial charge in [0, 0.05) is 12.8 Å². The van der Waals surface area contributed by atoms with E-state index in [2.05, 4.69) is 19.1 Å². The monoisotopic (exact) mass is 892 g/mol. The minimum Gasteiger partial charge on any atom is -0.756 e. The van der Waals surface area contributed by atoms with Gasteiger partial charge in [0.2, 0.25) is 0 Å². The van der Waals surface area contributed by atoms with E-state index >= 15 is 0 Å². The van der Waals surface area contributed by atoms with Crippen LogP contribution in [0.15, 0.2) is 85.1 Å². The van der Waals surface area contributed by atoms with Gasteiger partial charge in [-0.15, -0.1) is 0 Å². The number of rotatable bonds is 41. The van der Waals surface area contributed by atoms with E-state index < -0.39 is 44.7 Å². The molecule has 0 aliphatic carbocycles. The van der Waals surface area contributed by atoms with Crippen LogP contribution in [-0.4, -0.2) is 92.5 Å². The summed E-state index contributed by atoms with van der Waals surface area (Å²) in [5.41, 5.74) is 0. The first-order valence-electron chi connectivity index (χ1n) is 23.5. The van der Waals surface area contributed by atoms with Crippen LogP contribution in [0.1, 0.15) is 155 Å². The van der Waals surface area contributed by atoms with Crippen molar-refractivity contribution in [2.24, 2.45) is 0 Å². The molecule has 0 saturated carbocycles. The van der Waals surface area contributed by atoms with Gasteiger partial charge in [-0.2, -0.15) is 0 Å². The maximum atomic E-state index is 12.7. The number of unbranched alkanes of at least 4 members (excludes halogenated alkanes) is 13. The summed E-state index contributed by atoms with van der Waals surface area (Å²) in [6.45, 7) is 3.81. The number of likely N-dealkylation sites (N-methyl/N-ethyl adjacent to an activating group) is 1. The summed E-state index contributed by atoms with van der Waals surface area (Å²) >= 11 is 0. The van der Waals surface area contributed by atoms with Crippen LogP contribution in [0.3, 0.4) is 0 Å². The molecule has 0 bridgehead atoms. The van der Waals surface area contributed by atoms with E-state index in [0.29, 0.717) is 43.1 Å². The van der Waals surface area contributed by atoms with Gasteiger partial charge in [-0.1, -0.05) is 163 Å². The summed E-state index contributed by atoms with van der Waals surface area (Å²) in [6, 6.07) is 0. The van der Waals surface area contributed by atoms with Crippen LogP contribution < -0.4 is 4.89 Å². The van der Waals surface area contributed by atoms with Gasteiger partial charge in [-0.25, -0.2) is 0 Å².